The third-order valence-electron chi connectivity index (χ3n) is 4.51. The Balaban J connectivity index is 1.75. The van der Waals surface area contributed by atoms with Crippen LogP contribution in [0, 0.1) is 0 Å². The number of hydrogen-bond acceptors (Lipinski definition) is 4. The Morgan fingerprint density at radius 1 is 1.10 bits per heavy atom. The Hall–Kier alpha value is -2.48. The number of hydrogen-bond donors (Lipinski definition) is 2. The molecule has 4 amide bonds. The van der Waals surface area contributed by atoms with E-state index in [1.807, 2.05) is 0 Å². The van der Waals surface area contributed by atoms with Crippen LogP contribution in [0.4, 0.5) is 10.5 Å². The van der Waals surface area contributed by atoms with E-state index in [2.05, 4.69) is 10.6 Å². The Bertz CT molecular complexity index is 1010. The standard InChI is InChI=1S/C19H16Cl3N3O4/c1-19(10-3-5-12(20)13(21)7-10)17(27)25(18(28)24-19)9-16(26)23-11-4-6-15(29-2)14(22)8-11/h3-8H,9H2,1-2H3,(H,23,26)(H,24,28). The van der Waals surface area contributed by atoms with Gasteiger partial charge in [0.25, 0.3) is 5.91 Å². The topological polar surface area (TPSA) is 87.7 Å². The minimum absolute atomic E-state index is 0.250. The second kappa shape index (κ2) is 8.10. The van der Waals surface area contributed by atoms with Crippen molar-refractivity contribution in [3.63, 3.8) is 0 Å². The van der Waals surface area contributed by atoms with Crippen LogP contribution in [0.15, 0.2) is 36.4 Å². The molecule has 1 aliphatic rings. The van der Waals surface area contributed by atoms with Crippen LogP contribution in [-0.2, 0) is 15.1 Å². The largest absolute Gasteiger partial charge is 0.495 e. The van der Waals surface area contributed by atoms with Gasteiger partial charge in [0.15, 0.2) is 0 Å². The lowest BCUT2D eigenvalue weighted by Gasteiger charge is -2.22. The highest BCUT2D eigenvalue weighted by atomic mass is 35.5. The van der Waals surface area contributed by atoms with E-state index in [1.165, 1.54) is 32.2 Å². The molecule has 2 N–H and O–H groups in total. The fraction of sp³-hybridized carbons (Fsp3) is 0.211. The molecule has 29 heavy (non-hydrogen) atoms. The van der Waals surface area contributed by atoms with Gasteiger partial charge in [-0.3, -0.25) is 14.5 Å². The smallest absolute Gasteiger partial charge is 0.325 e. The zero-order valence-electron chi connectivity index (χ0n) is 15.4. The average Bonchev–Trinajstić information content (AvgIpc) is 2.88. The maximum absolute atomic E-state index is 12.9. The van der Waals surface area contributed by atoms with Gasteiger partial charge in [0, 0.05) is 5.69 Å². The molecule has 0 spiro atoms. The molecule has 1 heterocycles. The number of nitrogens with one attached hydrogen (secondary N) is 2. The fourth-order valence-corrected chi connectivity index (χ4v) is 3.49. The number of halogens is 3. The molecule has 0 saturated carbocycles. The van der Waals surface area contributed by atoms with Crippen molar-refractivity contribution in [2.24, 2.45) is 0 Å². The summed E-state index contributed by atoms with van der Waals surface area (Å²) in [6, 6.07) is 8.63. The van der Waals surface area contributed by atoms with Gasteiger partial charge in [-0.2, -0.15) is 0 Å². The third kappa shape index (κ3) is 4.12. The van der Waals surface area contributed by atoms with Crippen molar-refractivity contribution in [1.29, 1.82) is 0 Å². The maximum Gasteiger partial charge on any atom is 0.325 e. The van der Waals surface area contributed by atoms with Gasteiger partial charge in [0.2, 0.25) is 5.91 Å². The number of benzene rings is 2. The van der Waals surface area contributed by atoms with Gasteiger partial charge in [-0.05, 0) is 42.8 Å². The highest BCUT2D eigenvalue weighted by molar-refractivity contribution is 6.42. The zero-order chi connectivity index (χ0) is 21.3. The molecule has 1 aliphatic heterocycles. The minimum atomic E-state index is -1.37. The van der Waals surface area contributed by atoms with Crippen molar-refractivity contribution in [1.82, 2.24) is 10.2 Å². The lowest BCUT2D eigenvalue weighted by Crippen LogP contribution is -2.42. The molecule has 1 fully saturated rings. The van der Waals surface area contributed by atoms with Gasteiger partial charge in [-0.1, -0.05) is 40.9 Å². The SMILES string of the molecule is COc1ccc(NC(=O)CN2C(=O)NC(C)(c3ccc(Cl)c(Cl)c3)C2=O)cc1Cl. The summed E-state index contributed by atoms with van der Waals surface area (Å²) in [5.74, 6) is -0.687. The van der Waals surface area contributed by atoms with E-state index in [1.54, 1.807) is 18.2 Å². The number of nitrogens with zero attached hydrogens (tertiary/aromatic N) is 1. The first-order chi connectivity index (χ1) is 13.7. The lowest BCUT2D eigenvalue weighted by atomic mass is 9.92. The Kier molecular flexibility index (Phi) is 5.93. The van der Waals surface area contributed by atoms with Crippen LogP contribution < -0.4 is 15.4 Å². The van der Waals surface area contributed by atoms with Gasteiger partial charge in [0.1, 0.15) is 17.8 Å². The summed E-state index contributed by atoms with van der Waals surface area (Å²) < 4.78 is 5.05. The Labute approximate surface area is 181 Å². The molecule has 1 unspecified atom stereocenters. The number of ether oxygens (including phenoxy) is 1. The molecule has 7 nitrogen and oxygen atoms in total. The van der Waals surface area contributed by atoms with E-state index in [0.717, 1.165) is 4.90 Å². The first kappa shape index (κ1) is 21.2. The number of carbonyl (C=O) groups is 3. The van der Waals surface area contributed by atoms with Crippen LogP contribution in [-0.4, -0.2) is 36.4 Å². The molecule has 0 radical (unpaired) electrons. The lowest BCUT2D eigenvalue weighted by molar-refractivity contribution is -0.133. The normalized spacial score (nSPS) is 18.6. The van der Waals surface area contributed by atoms with Crippen molar-refractivity contribution in [3.8, 4) is 5.75 Å². The van der Waals surface area contributed by atoms with Crippen molar-refractivity contribution in [2.75, 3.05) is 19.0 Å². The molecule has 0 aromatic heterocycles. The van der Waals surface area contributed by atoms with Crippen LogP contribution in [0.5, 0.6) is 5.75 Å². The molecule has 2 aromatic rings. The number of methoxy groups -OCH3 is 1. The summed E-state index contributed by atoms with van der Waals surface area (Å²) in [5, 5.41) is 6.09. The van der Waals surface area contributed by atoms with Crippen molar-refractivity contribution < 1.29 is 19.1 Å². The van der Waals surface area contributed by atoms with Gasteiger partial charge >= 0.3 is 6.03 Å². The Morgan fingerprint density at radius 2 is 1.83 bits per heavy atom. The molecule has 1 atom stereocenters. The van der Waals surface area contributed by atoms with Crippen LogP contribution >= 0.6 is 34.8 Å². The van der Waals surface area contributed by atoms with Crippen LogP contribution in [0.2, 0.25) is 15.1 Å². The maximum atomic E-state index is 12.9. The first-order valence-electron chi connectivity index (χ1n) is 8.38. The van der Waals surface area contributed by atoms with E-state index in [0.29, 0.717) is 27.0 Å². The van der Waals surface area contributed by atoms with Gasteiger partial charge < -0.3 is 15.4 Å². The van der Waals surface area contributed by atoms with E-state index in [9.17, 15) is 14.4 Å². The monoisotopic (exact) mass is 455 g/mol. The van der Waals surface area contributed by atoms with Gasteiger partial charge in [-0.15, -0.1) is 0 Å². The number of urea groups is 1. The molecule has 0 bridgehead atoms. The molecule has 0 aliphatic carbocycles. The summed E-state index contributed by atoms with van der Waals surface area (Å²) in [6.07, 6.45) is 0. The average molecular weight is 457 g/mol. The summed E-state index contributed by atoms with van der Waals surface area (Å²) in [6.45, 7) is 1.07. The van der Waals surface area contributed by atoms with E-state index >= 15 is 0 Å². The number of imide groups is 1. The summed E-state index contributed by atoms with van der Waals surface area (Å²) in [7, 11) is 1.47. The number of rotatable bonds is 5. The summed E-state index contributed by atoms with van der Waals surface area (Å²) in [5.41, 5.74) is -0.509. The molecule has 152 valence electrons. The van der Waals surface area contributed by atoms with Crippen molar-refractivity contribution in [3.05, 3.63) is 57.0 Å². The van der Waals surface area contributed by atoms with Crippen LogP contribution in [0.3, 0.4) is 0 Å². The molecule has 3 rings (SSSR count). The number of carbonyl (C=O) groups excluding carboxylic acids is 3. The Morgan fingerprint density at radius 3 is 2.45 bits per heavy atom. The van der Waals surface area contributed by atoms with E-state index in [4.69, 9.17) is 39.5 Å². The quantitative estimate of drug-likeness (QED) is 0.664. The van der Waals surface area contributed by atoms with E-state index in [-0.39, 0.29) is 5.02 Å². The third-order valence-corrected chi connectivity index (χ3v) is 5.54. The summed E-state index contributed by atoms with van der Waals surface area (Å²) in [4.78, 5) is 38.5. The molecule has 2 aromatic carbocycles. The highest BCUT2D eigenvalue weighted by Crippen LogP contribution is 2.33. The van der Waals surface area contributed by atoms with Crippen LogP contribution in [0.25, 0.3) is 0 Å². The number of anilines is 1. The first-order valence-corrected chi connectivity index (χ1v) is 9.52. The number of amides is 4. The minimum Gasteiger partial charge on any atom is -0.495 e. The molecular formula is C19H16Cl3N3O4. The van der Waals surface area contributed by atoms with Crippen molar-refractivity contribution in [2.45, 2.75) is 12.5 Å². The highest BCUT2D eigenvalue weighted by Gasteiger charge is 2.49. The molecular weight excluding hydrogens is 441 g/mol. The second-order valence-electron chi connectivity index (χ2n) is 6.47. The zero-order valence-corrected chi connectivity index (χ0v) is 17.7. The molecule has 1 saturated heterocycles. The molecule has 10 heteroatoms. The van der Waals surface area contributed by atoms with Crippen LogP contribution in [0.1, 0.15) is 12.5 Å². The van der Waals surface area contributed by atoms with Gasteiger partial charge in [-0.25, -0.2) is 4.79 Å². The van der Waals surface area contributed by atoms with Crippen molar-refractivity contribution >= 4 is 58.3 Å². The van der Waals surface area contributed by atoms with Gasteiger partial charge in [0.05, 0.1) is 22.2 Å². The predicted octanol–water partition coefficient (Wildman–Crippen LogP) is 4.06. The fourth-order valence-electron chi connectivity index (χ4n) is 2.93. The van der Waals surface area contributed by atoms with E-state index < -0.39 is 29.9 Å². The summed E-state index contributed by atoms with van der Waals surface area (Å²) >= 11 is 18.0. The predicted molar refractivity (Wildman–Crippen MR) is 111 cm³/mol. The second-order valence-corrected chi connectivity index (χ2v) is 7.69.